The predicted octanol–water partition coefficient (Wildman–Crippen LogP) is 5.39. The van der Waals surface area contributed by atoms with Gasteiger partial charge in [-0.2, -0.15) is 0 Å². The van der Waals surface area contributed by atoms with Gasteiger partial charge in [0.05, 0.1) is 5.54 Å². The van der Waals surface area contributed by atoms with E-state index in [0.717, 1.165) is 19.5 Å². The topological polar surface area (TPSA) is 15.3 Å². The summed E-state index contributed by atoms with van der Waals surface area (Å²) in [5.74, 6) is 0.707. The van der Waals surface area contributed by atoms with E-state index in [-0.39, 0.29) is 5.54 Å². The van der Waals surface area contributed by atoms with Crippen molar-refractivity contribution in [1.82, 2.24) is 10.2 Å². The van der Waals surface area contributed by atoms with Crippen molar-refractivity contribution in [1.29, 1.82) is 0 Å². The number of nitrogens with zero attached hydrogens (tertiary/aromatic N) is 1. The van der Waals surface area contributed by atoms with Crippen molar-refractivity contribution in [3.05, 3.63) is 70.8 Å². The highest BCUT2D eigenvalue weighted by molar-refractivity contribution is 5.45. The Morgan fingerprint density at radius 3 is 2.26 bits per heavy atom. The lowest BCUT2D eigenvalue weighted by molar-refractivity contribution is 0.356. The number of benzene rings is 2. The van der Waals surface area contributed by atoms with Gasteiger partial charge in [0.15, 0.2) is 0 Å². The molecule has 0 aliphatic heterocycles. The molecular formula is C25H38N2. The van der Waals surface area contributed by atoms with Gasteiger partial charge in [-0.15, -0.1) is 0 Å². The molecule has 148 valence electrons. The van der Waals surface area contributed by atoms with Crippen molar-refractivity contribution in [2.24, 2.45) is 5.92 Å². The SMILES string of the molecule is CCC[C@@H](C)Cc1ccccc1[C@](C)(NCCN(C)C)c1ccccc1C. The second-order valence-corrected chi connectivity index (χ2v) is 8.43. The molecule has 0 aromatic heterocycles. The molecule has 2 heteroatoms. The van der Waals surface area contributed by atoms with Crippen molar-refractivity contribution in [2.45, 2.75) is 52.5 Å². The van der Waals surface area contributed by atoms with Crippen LogP contribution in [-0.2, 0) is 12.0 Å². The van der Waals surface area contributed by atoms with Crippen LogP contribution in [0, 0.1) is 12.8 Å². The van der Waals surface area contributed by atoms with Crippen molar-refractivity contribution < 1.29 is 0 Å². The first-order chi connectivity index (χ1) is 12.9. The fourth-order valence-electron chi connectivity index (χ4n) is 4.16. The van der Waals surface area contributed by atoms with Gasteiger partial charge in [-0.05, 0) is 62.5 Å². The Balaban J connectivity index is 2.46. The molecule has 2 rings (SSSR count). The number of aryl methyl sites for hydroxylation is 1. The maximum Gasteiger partial charge on any atom is 0.0667 e. The third-order valence-corrected chi connectivity index (χ3v) is 5.63. The van der Waals surface area contributed by atoms with Gasteiger partial charge in [0.25, 0.3) is 0 Å². The summed E-state index contributed by atoms with van der Waals surface area (Å²) >= 11 is 0. The quantitative estimate of drug-likeness (QED) is 0.606. The minimum atomic E-state index is -0.191. The number of hydrogen-bond donors (Lipinski definition) is 1. The van der Waals surface area contributed by atoms with Crippen LogP contribution >= 0.6 is 0 Å². The highest BCUT2D eigenvalue weighted by atomic mass is 15.1. The van der Waals surface area contributed by atoms with Gasteiger partial charge in [-0.3, -0.25) is 0 Å². The Morgan fingerprint density at radius 2 is 1.63 bits per heavy atom. The summed E-state index contributed by atoms with van der Waals surface area (Å²) in [7, 11) is 4.26. The first kappa shape index (κ1) is 21.7. The molecule has 0 amide bonds. The smallest absolute Gasteiger partial charge is 0.0667 e. The summed E-state index contributed by atoms with van der Waals surface area (Å²) in [5.41, 5.74) is 5.42. The molecule has 2 atom stereocenters. The summed E-state index contributed by atoms with van der Waals surface area (Å²) in [5, 5.41) is 3.90. The molecule has 0 aliphatic rings. The van der Waals surface area contributed by atoms with Gasteiger partial charge >= 0.3 is 0 Å². The van der Waals surface area contributed by atoms with Crippen LogP contribution < -0.4 is 5.32 Å². The van der Waals surface area contributed by atoms with Crippen LogP contribution in [0.1, 0.15) is 55.9 Å². The molecule has 0 spiro atoms. The van der Waals surface area contributed by atoms with E-state index in [9.17, 15) is 0 Å². The molecule has 2 aromatic rings. The zero-order valence-electron chi connectivity index (χ0n) is 18.2. The van der Waals surface area contributed by atoms with Crippen molar-refractivity contribution in [3.63, 3.8) is 0 Å². The van der Waals surface area contributed by atoms with Crippen LogP contribution in [-0.4, -0.2) is 32.1 Å². The second kappa shape index (κ2) is 10.1. The monoisotopic (exact) mass is 366 g/mol. The van der Waals surface area contributed by atoms with E-state index in [0.29, 0.717) is 5.92 Å². The van der Waals surface area contributed by atoms with Crippen LogP contribution in [0.2, 0.25) is 0 Å². The fourth-order valence-corrected chi connectivity index (χ4v) is 4.16. The molecule has 0 saturated heterocycles. The molecule has 0 unspecified atom stereocenters. The summed E-state index contributed by atoms with van der Waals surface area (Å²) in [4.78, 5) is 2.24. The van der Waals surface area contributed by atoms with Crippen molar-refractivity contribution in [3.8, 4) is 0 Å². The minimum Gasteiger partial charge on any atom is -0.308 e. The molecule has 27 heavy (non-hydrogen) atoms. The summed E-state index contributed by atoms with van der Waals surface area (Å²) in [6, 6.07) is 17.8. The minimum absolute atomic E-state index is 0.191. The number of hydrogen-bond acceptors (Lipinski definition) is 2. The maximum atomic E-state index is 3.90. The van der Waals surface area contributed by atoms with E-state index in [1.54, 1.807) is 0 Å². The molecule has 0 saturated carbocycles. The largest absolute Gasteiger partial charge is 0.308 e. The molecule has 0 fully saturated rings. The third kappa shape index (κ3) is 5.67. The Hall–Kier alpha value is -1.64. The van der Waals surface area contributed by atoms with Gasteiger partial charge < -0.3 is 10.2 Å². The zero-order chi connectivity index (χ0) is 19.9. The van der Waals surface area contributed by atoms with Crippen LogP contribution in [0.4, 0.5) is 0 Å². The Kier molecular flexibility index (Phi) is 8.07. The standard InChI is InChI=1S/C25H38N2/c1-7-12-20(2)19-22-14-9-11-16-24(22)25(4,26-17-18-27(5)6)23-15-10-8-13-21(23)3/h8-11,13-16,20,26H,7,12,17-19H2,1-6H3/t20-,25-/m1/s1. The van der Waals surface area contributed by atoms with E-state index in [2.05, 4.69) is 101 Å². The average Bonchev–Trinajstić information content (AvgIpc) is 2.62. The van der Waals surface area contributed by atoms with E-state index in [1.807, 2.05) is 0 Å². The normalized spacial score (nSPS) is 14.9. The molecule has 0 aliphatic carbocycles. The summed E-state index contributed by atoms with van der Waals surface area (Å²) < 4.78 is 0. The lowest BCUT2D eigenvalue weighted by Crippen LogP contribution is -2.44. The highest BCUT2D eigenvalue weighted by Gasteiger charge is 2.31. The van der Waals surface area contributed by atoms with E-state index in [1.165, 1.54) is 35.1 Å². The summed E-state index contributed by atoms with van der Waals surface area (Å²) in [6.07, 6.45) is 3.67. The van der Waals surface area contributed by atoms with Gasteiger partial charge in [0.1, 0.15) is 0 Å². The Bertz CT molecular complexity index is 707. The molecule has 0 bridgehead atoms. The molecule has 2 aromatic carbocycles. The number of rotatable bonds is 10. The van der Waals surface area contributed by atoms with Crippen LogP contribution in [0.25, 0.3) is 0 Å². The average molecular weight is 367 g/mol. The first-order valence-corrected chi connectivity index (χ1v) is 10.4. The molecule has 1 N–H and O–H groups in total. The molecule has 2 nitrogen and oxygen atoms in total. The predicted molar refractivity (Wildman–Crippen MR) is 118 cm³/mol. The van der Waals surface area contributed by atoms with Gasteiger partial charge in [-0.1, -0.05) is 75.2 Å². The summed E-state index contributed by atoms with van der Waals surface area (Å²) in [6.45, 7) is 11.2. The van der Waals surface area contributed by atoms with E-state index in [4.69, 9.17) is 0 Å². The van der Waals surface area contributed by atoms with Gasteiger partial charge in [0.2, 0.25) is 0 Å². The van der Waals surface area contributed by atoms with Crippen LogP contribution in [0.3, 0.4) is 0 Å². The molecule has 0 heterocycles. The Labute approximate surface area is 167 Å². The van der Waals surface area contributed by atoms with Gasteiger partial charge in [-0.25, -0.2) is 0 Å². The van der Waals surface area contributed by atoms with Gasteiger partial charge in [0, 0.05) is 13.1 Å². The van der Waals surface area contributed by atoms with Crippen LogP contribution in [0.15, 0.2) is 48.5 Å². The lowest BCUT2D eigenvalue weighted by Gasteiger charge is -2.36. The fraction of sp³-hybridized carbons (Fsp3) is 0.520. The van der Waals surface area contributed by atoms with E-state index >= 15 is 0 Å². The van der Waals surface area contributed by atoms with Crippen LogP contribution in [0.5, 0.6) is 0 Å². The molecular weight excluding hydrogens is 328 g/mol. The zero-order valence-corrected chi connectivity index (χ0v) is 18.2. The lowest BCUT2D eigenvalue weighted by atomic mass is 9.78. The second-order valence-electron chi connectivity index (χ2n) is 8.43. The first-order valence-electron chi connectivity index (χ1n) is 10.4. The Morgan fingerprint density at radius 1 is 1.00 bits per heavy atom. The third-order valence-electron chi connectivity index (χ3n) is 5.63. The number of nitrogens with one attached hydrogen (secondary N) is 1. The highest BCUT2D eigenvalue weighted by Crippen LogP contribution is 2.34. The van der Waals surface area contributed by atoms with Crippen molar-refractivity contribution in [2.75, 3.05) is 27.2 Å². The van der Waals surface area contributed by atoms with E-state index < -0.39 is 0 Å². The van der Waals surface area contributed by atoms with Crippen molar-refractivity contribution >= 4 is 0 Å². The number of likely N-dealkylation sites (N-methyl/N-ethyl adjacent to an activating group) is 1. The molecule has 0 radical (unpaired) electrons. The maximum absolute atomic E-state index is 3.90.